The van der Waals surface area contributed by atoms with E-state index in [-0.39, 0.29) is 59.2 Å². The van der Waals surface area contributed by atoms with Crippen molar-refractivity contribution in [3.05, 3.63) is 0 Å². The zero-order valence-electron chi connectivity index (χ0n) is 9.92. The number of rotatable bonds is 6. The van der Waals surface area contributed by atoms with Gasteiger partial charge >= 0.3 is 37.7 Å². The van der Waals surface area contributed by atoms with Gasteiger partial charge in [-0.15, -0.1) is 0 Å². The SMILES string of the molecule is CCCC(OCl)C(CC)CO.[Ca+2].[H-].[H-]. The molecule has 0 heterocycles. The molecule has 0 aliphatic heterocycles. The molecule has 0 aromatic heterocycles. The Hall–Kier alpha value is 1.47. The molecule has 0 spiro atoms. The van der Waals surface area contributed by atoms with Gasteiger partial charge in [0.15, 0.2) is 0 Å². The fourth-order valence-electron chi connectivity index (χ4n) is 1.15. The molecule has 2 unspecified atom stereocenters. The molecule has 0 radical (unpaired) electrons. The largest absolute Gasteiger partial charge is 2.00 e. The molecule has 0 rings (SSSR count). The minimum atomic E-state index is 0. The molecule has 12 heavy (non-hydrogen) atoms. The van der Waals surface area contributed by atoms with Crippen LogP contribution in [0.1, 0.15) is 36.0 Å². The average molecular weight is 223 g/mol. The monoisotopic (exact) mass is 222 g/mol. The molecule has 0 saturated carbocycles. The van der Waals surface area contributed by atoms with Crippen LogP contribution >= 0.6 is 11.9 Å². The van der Waals surface area contributed by atoms with Crippen molar-refractivity contribution in [2.75, 3.05) is 6.61 Å². The Bertz CT molecular complexity index is 97.4. The Morgan fingerprint density at radius 2 is 2.08 bits per heavy atom. The molecule has 0 amide bonds. The molecule has 0 aromatic carbocycles. The number of halogens is 1. The summed E-state index contributed by atoms with van der Waals surface area (Å²) in [6, 6.07) is 0. The van der Waals surface area contributed by atoms with Crippen molar-refractivity contribution in [2.45, 2.75) is 39.2 Å². The Labute approximate surface area is 113 Å². The van der Waals surface area contributed by atoms with Crippen molar-refractivity contribution in [2.24, 2.45) is 5.92 Å². The van der Waals surface area contributed by atoms with Gasteiger partial charge in [-0.25, -0.2) is 0 Å². The Morgan fingerprint density at radius 3 is 2.33 bits per heavy atom. The van der Waals surface area contributed by atoms with Crippen LogP contribution in [0, 0.1) is 5.92 Å². The summed E-state index contributed by atoms with van der Waals surface area (Å²) in [7, 11) is 0. The van der Waals surface area contributed by atoms with Crippen LogP contribution in [0.5, 0.6) is 0 Å². The van der Waals surface area contributed by atoms with Crippen LogP contribution in [0.25, 0.3) is 0 Å². The van der Waals surface area contributed by atoms with E-state index in [0.29, 0.717) is 0 Å². The summed E-state index contributed by atoms with van der Waals surface area (Å²) in [4.78, 5) is 0. The van der Waals surface area contributed by atoms with Gasteiger partial charge in [-0.1, -0.05) is 20.3 Å². The van der Waals surface area contributed by atoms with Crippen LogP contribution in [0.15, 0.2) is 0 Å². The Kier molecular flexibility index (Phi) is 14.0. The van der Waals surface area contributed by atoms with E-state index in [1.807, 2.05) is 6.92 Å². The second-order valence-electron chi connectivity index (χ2n) is 2.77. The van der Waals surface area contributed by atoms with E-state index in [2.05, 4.69) is 6.92 Å². The van der Waals surface area contributed by atoms with Crippen molar-refractivity contribution in [3.8, 4) is 0 Å². The second-order valence-corrected chi connectivity index (χ2v) is 2.95. The van der Waals surface area contributed by atoms with E-state index in [4.69, 9.17) is 21.3 Å². The summed E-state index contributed by atoms with van der Waals surface area (Å²) in [6.07, 6.45) is 2.88. The summed E-state index contributed by atoms with van der Waals surface area (Å²) in [6.45, 7) is 4.26. The van der Waals surface area contributed by atoms with Crippen molar-refractivity contribution in [1.82, 2.24) is 0 Å². The smallest absolute Gasteiger partial charge is 1.00 e. The first kappa shape index (κ1) is 15.9. The van der Waals surface area contributed by atoms with Crippen LogP contribution in [-0.2, 0) is 4.29 Å². The maximum atomic E-state index is 8.92. The third-order valence-electron chi connectivity index (χ3n) is 1.97. The van der Waals surface area contributed by atoms with Crippen LogP contribution in [0.2, 0.25) is 0 Å². The van der Waals surface area contributed by atoms with Gasteiger partial charge in [0.2, 0.25) is 0 Å². The number of aliphatic hydroxyl groups is 1. The molecule has 0 aromatic rings. The third-order valence-corrected chi connectivity index (χ3v) is 2.20. The van der Waals surface area contributed by atoms with E-state index in [0.717, 1.165) is 19.3 Å². The van der Waals surface area contributed by atoms with Gasteiger partial charge < -0.3 is 7.96 Å². The zero-order valence-corrected chi connectivity index (χ0v) is 10.9. The van der Waals surface area contributed by atoms with Gasteiger partial charge in [-0.3, -0.25) is 4.29 Å². The molecule has 4 heteroatoms. The Balaban J connectivity index is -0.000000167. The summed E-state index contributed by atoms with van der Waals surface area (Å²) in [5.41, 5.74) is 0. The second kappa shape index (κ2) is 10.5. The number of hydrogen-bond donors (Lipinski definition) is 1. The number of hydrogen-bond acceptors (Lipinski definition) is 2. The Morgan fingerprint density at radius 1 is 1.50 bits per heavy atom. The van der Waals surface area contributed by atoms with Crippen LogP contribution in [0.4, 0.5) is 0 Å². The van der Waals surface area contributed by atoms with Gasteiger partial charge in [0.1, 0.15) is 0 Å². The summed E-state index contributed by atoms with van der Waals surface area (Å²) in [5.74, 6) is 0.187. The van der Waals surface area contributed by atoms with Gasteiger partial charge in [0.25, 0.3) is 0 Å². The third kappa shape index (κ3) is 6.00. The molecule has 0 aliphatic carbocycles. The van der Waals surface area contributed by atoms with Crippen LogP contribution in [0.3, 0.4) is 0 Å². The molecule has 2 atom stereocenters. The van der Waals surface area contributed by atoms with Gasteiger partial charge in [-0.2, -0.15) is 0 Å². The van der Waals surface area contributed by atoms with E-state index < -0.39 is 0 Å². The maximum absolute atomic E-state index is 8.92. The zero-order chi connectivity index (χ0) is 8.69. The summed E-state index contributed by atoms with van der Waals surface area (Å²) in [5, 5.41) is 8.92. The standard InChI is InChI=1S/C8H17ClO2.Ca.2H/c1-3-5-8(11-9)7(4-2)6-10;;;/h7-8,10H,3-6H2,1-2H3;;;/q;+2;2*-1. The fraction of sp³-hybridized carbons (Fsp3) is 1.00. The van der Waals surface area contributed by atoms with Crippen LogP contribution in [-0.4, -0.2) is 55.6 Å². The summed E-state index contributed by atoms with van der Waals surface area (Å²) >= 11 is 5.29. The maximum Gasteiger partial charge on any atom is 2.00 e. The van der Waals surface area contributed by atoms with Crippen molar-refractivity contribution in [1.29, 1.82) is 0 Å². The molecule has 0 aliphatic rings. The molecule has 2 nitrogen and oxygen atoms in total. The first-order valence-electron chi connectivity index (χ1n) is 4.18. The molecule has 0 saturated heterocycles. The van der Waals surface area contributed by atoms with Crippen molar-refractivity contribution >= 4 is 49.6 Å². The van der Waals surface area contributed by atoms with E-state index >= 15 is 0 Å². The molecule has 0 bridgehead atoms. The van der Waals surface area contributed by atoms with E-state index in [1.54, 1.807) is 0 Å². The average Bonchev–Trinajstić information content (AvgIpc) is 2.05. The van der Waals surface area contributed by atoms with Gasteiger partial charge in [0, 0.05) is 12.5 Å². The molecule has 0 fully saturated rings. The van der Waals surface area contributed by atoms with Crippen molar-refractivity contribution in [3.63, 3.8) is 0 Å². The van der Waals surface area contributed by atoms with Crippen LogP contribution < -0.4 is 0 Å². The first-order valence-corrected chi connectivity index (χ1v) is 4.49. The van der Waals surface area contributed by atoms with Gasteiger partial charge in [0.05, 0.1) is 18.0 Å². The van der Waals surface area contributed by atoms with Gasteiger partial charge in [-0.05, 0) is 12.8 Å². The minimum Gasteiger partial charge on any atom is -1.00 e. The fourth-order valence-corrected chi connectivity index (χ4v) is 1.38. The summed E-state index contributed by atoms with van der Waals surface area (Å²) < 4.78 is 4.75. The molecular weight excluding hydrogens is 204 g/mol. The first-order chi connectivity index (χ1) is 5.29. The van der Waals surface area contributed by atoms with E-state index in [1.165, 1.54) is 0 Å². The molecule has 72 valence electrons. The normalized spacial score (nSPS) is 15.0. The molecular formula is C8H19CaClO2. The van der Waals surface area contributed by atoms with E-state index in [9.17, 15) is 0 Å². The predicted molar refractivity (Wildman–Crippen MR) is 54.5 cm³/mol. The number of aliphatic hydroxyl groups excluding tert-OH is 1. The van der Waals surface area contributed by atoms with Crippen molar-refractivity contribution < 1.29 is 12.2 Å². The minimum absolute atomic E-state index is 0. The topological polar surface area (TPSA) is 29.5 Å². The molecule has 1 N–H and O–H groups in total. The quantitative estimate of drug-likeness (QED) is 0.699. The predicted octanol–water partition coefficient (Wildman–Crippen LogP) is 2.19.